The molecule has 22 heavy (non-hydrogen) atoms. The number of aryl methyl sites for hydroxylation is 1. The number of rotatable bonds is 5. The Hall–Kier alpha value is -2.14. The van der Waals surface area contributed by atoms with E-state index < -0.39 is 0 Å². The fourth-order valence-electron chi connectivity index (χ4n) is 2.77. The molecule has 3 heterocycles. The highest BCUT2D eigenvalue weighted by atomic mass is 16.5. The summed E-state index contributed by atoms with van der Waals surface area (Å²) >= 11 is 0. The number of hydrogen-bond acceptors (Lipinski definition) is 3. The minimum atomic E-state index is -0.0438. The van der Waals surface area contributed by atoms with E-state index >= 15 is 0 Å². The quantitative estimate of drug-likeness (QED) is 0.923. The second kappa shape index (κ2) is 6.75. The minimum absolute atomic E-state index is 0.0438. The van der Waals surface area contributed by atoms with Crippen molar-refractivity contribution in [2.45, 2.75) is 32.4 Å². The molecule has 116 valence electrons. The molecule has 0 unspecified atom stereocenters. The number of nitrogens with zero attached hydrogens (tertiary/aromatic N) is 2. The summed E-state index contributed by atoms with van der Waals surface area (Å²) in [6.07, 6.45) is 7.80. The van der Waals surface area contributed by atoms with E-state index in [4.69, 9.17) is 4.74 Å². The average molecular weight is 299 g/mol. The molecule has 1 N–H and O–H groups in total. The van der Waals surface area contributed by atoms with Crippen molar-refractivity contribution in [2.24, 2.45) is 0 Å². The third-order valence-corrected chi connectivity index (χ3v) is 4.00. The van der Waals surface area contributed by atoms with Crippen molar-refractivity contribution in [1.29, 1.82) is 0 Å². The summed E-state index contributed by atoms with van der Waals surface area (Å²) in [6.45, 7) is 4.18. The predicted molar refractivity (Wildman–Crippen MR) is 84.6 cm³/mol. The zero-order valence-electron chi connectivity index (χ0n) is 12.8. The Kier molecular flexibility index (Phi) is 4.53. The van der Waals surface area contributed by atoms with Crippen LogP contribution in [0, 0.1) is 0 Å². The maximum atomic E-state index is 12.4. The normalized spacial score (nSPS) is 17.6. The Morgan fingerprint density at radius 3 is 2.91 bits per heavy atom. The average Bonchev–Trinajstić information content (AvgIpc) is 3.22. The molecule has 1 atom stereocenters. The second-order valence-electron chi connectivity index (χ2n) is 5.48. The zero-order chi connectivity index (χ0) is 15.4. The molecule has 2 aromatic rings. The van der Waals surface area contributed by atoms with Crippen molar-refractivity contribution in [3.63, 3.8) is 0 Å². The maximum Gasteiger partial charge on any atom is 0.268 e. The molecule has 2 aromatic heterocycles. The third-order valence-electron chi connectivity index (χ3n) is 4.00. The van der Waals surface area contributed by atoms with Gasteiger partial charge in [0.25, 0.3) is 5.91 Å². The molecule has 3 rings (SSSR count). The molecule has 0 aliphatic carbocycles. The number of ether oxygens (including phenoxy) is 1. The van der Waals surface area contributed by atoms with Crippen molar-refractivity contribution in [2.75, 3.05) is 13.2 Å². The molecular weight excluding hydrogens is 278 g/mol. The molecular formula is C17H21N3O2. The summed E-state index contributed by atoms with van der Waals surface area (Å²) in [5.41, 5.74) is 2.79. The van der Waals surface area contributed by atoms with Gasteiger partial charge in [0, 0.05) is 43.9 Å². The van der Waals surface area contributed by atoms with Gasteiger partial charge in [-0.1, -0.05) is 0 Å². The standard InChI is InChI=1S/C17H21N3O2/c1-2-20-12-14(13-5-7-18-8-6-13)10-16(20)17(21)19-11-15-4-3-9-22-15/h5-8,10,12,15H,2-4,9,11H2,1H3,(H,19,21)/t15-/m0/s1. The molecule has 5 heteroatoms. The van der Waals surface area contributed by atoms with Crippen molar-refractivity contribution < 1.29 is 9.53 Å². The molecule has 1 aliphatic rings. The fourth-order valence-corrected chi connectivity index (χ4v) is 2.77. The molecule has 0 radical (unpaired) electrons. The molecule has 0 bridgehead atoms. The van der Waals surface area contributed by atoms with Gasteiger partial charge >= 0.3 is 0 Å². The summed E-state index contributed by atoms with van der Waals surface area (Å²) in [7, 11) is 0. The number of nitrogens with one attached hydrogen (secondary N) is 1. The summed E-state index contributed by atoms with van der Waals surface area (Å²) in [6, 6.07) is 5.83. The number of carbonyl (C=O) groups excluding carboxylic acids is 1. The Morgan fingerprint density at radius 1 is 1.41 bits per heavy atom. The van der Waals surface area contributed by atoms with Crippen molar-refractivity contribution in [1.82, 2.24) is 14.9 Å². The lowest BCUT2D eigenvalue weighted by molar-refractivity contribution is 0.0850. The van der Waals surface area contributed by atoms with Gasteiger partial charge in [0.05, 0.1) is 6.10 Å². The highest BCUT2D eigenvalue weighted by molar-refractivity contribution is 5.94. The largest absolute Gasteiger partial charge is 0.376 e. The Balaban J connectivity index is 1.74. The van der Waals surface area contributed by atoms with Gasteiger partial charge in [-0.25, -0.2) is 0 Å². The van der Waals surface area contributed by atoms with Crippen molar-refractivity contribution in [3.8, 4) is 11.1 Å². The first-order valence-corrected chi connectivity index (χ1v) is 7.78. The fraction of sp³-hybridized carbons (Fsp3) is 0.412. The van der Waals surface area contributed by atoms with E-state index in [0.29, 0.717) is 12.2 Å². The van der Waals surface area contributed by atoms with Gasteiger partial charge in [0.1, 0.15) is 5.69 Å². The number of hydrogen-bond donors (Lipinski definition) is 1. The number of carbonyl (C=O) groups is 1. The van der Waals surface area contributed by atoms with Gasteiger partial charge < -0.3 is 14.6 Å². The van der Waals surface area contributed by atoms with E-state index in [9.17, 15) is 4.79 Å². The summed E-state index contributed by atoms with van der Waals surface area (Å²) < 4.78 is 7.51. The number of aromatic nitrogens is 2. The molecule has 1 aliphatic heterocycles. The van der Waals surface area contributed by atoms with Crippen LogP contribution in [0.1, 0.15) is 30.3 Å². The van der Waals surface area contributed by atoms with Crippen LogP contribution in [0.4, 0.5) is 0 Å². The molecule has 5 nitrogen and oxygen atoms in total. The molecule has 0 spiro atoms. The van der Waals surface area contributed by atoms with Crippen LogP contribution in [0.5, 0.6) is 0 Å². The van der Waals surface area contributed by atoms with Gasteiger partial charge in [-0.15, -0.1) is 0 Å². The van der Waals surface area contributed by atoms with E-state index in [1.807, 2.05) is 35.9 Å². The molecule has 1 amide bonds. The predicted octanol–water partition coefficient (Wildman–Crippen LogP) is 2.48. The van der Waals surface area contributed by atoms with E-state index in [-0.39, 0.29) is 12.0 Å². The van der Waals surface area contributed by atoms with E-state index in [1.54, 1.807) is 12.4 Å². The summed E-state index contributed by atoms with van der Waals surface area (Å²) in [5, 5.41) is 2.98. The number of pyridine rings is 1. The molecule has 0 aromatic carbocycles. The van der Waals surface area contributed by atoms with Crippen LogP contribution in [0.15, 0.2) is 36.8 Å². The first kappa shape index (κ1) is 14.8. The Bertz CT molecular complexity index is 631. The van der Waals surface area contributed by atoms with Crippen LogP contribution >= 0.6 is 0 Å². The summed E-state index contributed by atoms with van der Waals surface area (Å²) in [5.74, 6) is -0.0438. The Labute approximate surface area is 130 Å². The van der Waals surface area contributed by atoms with Gasteiger partial charge in [-0.05, 0) is 43.5 Å². The van der Waals surface area contributed by atoms with Gasteiger partial charge in [-0.2, -0.15) is 0 Å². The highest BCUT2D eigenvalue weighted by Gasteiger charge is 2.18. The molecule has 0 saturated carbocycles. The van der Waals surface area contributed by atoms with Crippen LogP contribution in [-0.2, 0) is 11.3 Å². The second-order valence-corrected chi connectivity index (χ2v) is 5.48. The molecule has 1 saturated heterocycles. The maximum absolute atomic E-state index is 12.4. The SMILES string of the molecule is CCn1cc(-c2ccncc2)cc1C(=O)NC[C@@H]1CCCO1. The highest BCUT2D eigenvalue weighted by Crippen LogP contribution is 2.21. The minimum Gasteiger partial charge on any atom is -0.376 e. The smallest absolute Gasteiger partial charge is 0.268 e. The first-order chi connectivity index (χ1) is 10.8. The lowest BCUT2D eigenvalue weighted by Crippen LogP contribution is -2.32. The first-order valence-electron chi connectivity index (χ1n) is 7.78. The van der Waals surface area contributed by atoms with Crippen LogP contribution in [0.2, 0.25) is 0 Å². The lowest BCUT2D eigenvalue weighted by Gasteiger charge is -2.11. The lowest BCUT2D eigenvalue weighted by atomic mass is 10.1. The van der Waals surface area contributed by atoms with E-state index in [0.717, 1.165) is 37.1 Å². The summed E-state index contributed by atoms with van der Waals surface area (Å²) in [4.78, 5) is 16.5. The van der Waals surface area contributed by atoms with Crippen LogP contribution < -0.4 is 5.32 Å². The van der Waals surface area contributed by atoms with Crippen molar-refractivity contribution >= 4 is 5.91 Å². The van der Waals surface area contributed by atoms with Gasteiger partial charge in [0.15, 0.2) is 0 Å². The van der Waals surface area contributed by atoms with E-state index in [2.05, 4.69) is 10.3 Å². The van der Waals surface area contributed by atoms with Crippen LogP contribution in [0.3, 0.4) is 0 Å². The van der Waals surface area contributed by atoms with Crippen LogP contribution in [-0.4, -0.2) is 34.7 Å². The topological polar surface area (TPSA) is 56.2 Å². The zero-order valence-corrected chi connectivity index (χ0v) is 12.8. The molecule has 1 fully saturated rings. The monoisotopic (exact) mass is 299 g/mol. The van der Waals surface area contributed by atoms with Crippen LogP contribution in [0.25, 0.3) is 11.1 Å². The third kappa shape index (κ3) is 3.20. The Morgan fingerprint density at radius 2 is 2.23 bits per heavy atom. The number of amides is 1. The van der Waals surface area contributed by atoms with Gasteiger partial charge in [0.2, 0.25) is 0 Å². The van der Waals surface area contributed by atoms with E-state index in [1.165, 1.54) is 0 Å². The van der Waals surface area contributed by atoms with Gasteiger partial charge in [-0.3, -0.25) is 9.78 Å². The van der Waals surface area contributed by atoms with Crippen molar-refractivity contribution in [3.05, 3.63) is 42.5 Å².